The number of thioether (sulfide) groups is 1. The highest BCUT2D eigenvalue weighted by Crippen LogP contribution is 2.34. The highest BCUT2D eigenvalue weighted by Gasteiger charge is 2.35. The van der Waals surface area contributed by atoms with E-state index in [0.29, 0.717) is 16.1 Å². The summed E-state index contributed by atoms with van der Waals surface area (Å²) in [5, 5.41) is 0.248. The molecular formula is C24H13Cl3FNO4S. The van der Waals surface area contributed by atoms with Gasteiger partial charge in [-0.3, -0.25) is 14.5 Å². The molecule has 0 N–H and O–H groups in total. The quantitative estimate of drug-likeness (QED) is 0.195. The SMILES string of the molecule is O=C(Oc1ccc(/C=C2\SC(=O)N(Cc3ccc(F)cc3Cl)C2=O)cc1)c1ccc(Cl)cc1Cl. The fraction of sp³-hybridized carbons (Fsp3) is 0.0417. The van der Waals surface area contributed by atoms with Crippen molar-refractivity contribution in [3.05, 3.63) is 103 Å². The van der Waals surface area contributed by atoms with E-state index >= 15 is 0 Å². The Morgan fingerprint density at radius 3 is 2.38 bits per heavy atom. The molecular weight excluding hydrogens is 524 g/mol. The van der Waals surface area contributed by atoms with Crippen LogP contribution in [0.2, 0.25) is 15.1 Å². The topological polar surface area (TPSA) is 63.7 Å². The second-order valence-electron chi connectivity index (χ2n) is 7.09. The number of amides is 2. The van der Waals surface area contributed by atoms with Gasteiger partial charge >= 0.3 is 5.97 Å². The van der Waals surface area contributed by atoms with Gasteiger partial charge in [0.1, 0.15) is 11.6 Å². The summed E-state index contributed by atoms with van der Waals surface area (Å²) in [5.41, 5.74) is 1.25. The zero-order chi connectivity index (χ0) is 24.4. The van der Waals surface area contributed by atoms with Crippen molar-refractivity contribution in [1.29, 1.82) is 0 Å². The lowest BCUT2D eigenvalue weighted by atomic mass is 10.2. The van der Waals surface area contributed by atoms with Gasteiger partial charge in [-0.25, -0.2) is 9.18 Å². The highest BCUT2D eigenvalue weighted by atomic mass is 35.5. The Bertz CT molecular complexity index is 1340. The lowest BCUT2D eigenvalue weighted by molar-refractivity contribution is -0.123. The Kier molecular flexibility index (Phi) is 7.28. The number of carbonyl (C=O) groups excluding carboxylic acids is 3. The van der Waals surface area contributed by atoms with Gasteiger partial charge in [-0.15, -0.1) is 0 Å². The number of rotatable bonds is 5. The number of hydrogen-bond donors (Lipinski definition) is 0. The predicted molar refractivity (Wildman–Crippen MR) is 131 cm³/mol. The fourth-order valence-corrected chi connectivity index (χ4v) is 4.61. The minimum absolute atomic E-state index is 0.0662. The number of halogens is 4. The van der Waals surface area contributed by atoms with Gasteiger partial charge in [0, 0.05) is 10.0 Å². The van der Waals surface area contributed by atoms with E-state index in [0.717, 1.165) is 22.7 Å². The Morgan fingerprint density at radius 2 is 1.71 bits per heavy atom. The average molecular weight is 537 g/mol. The molecule has 0 bridgehead atoms. The zero-order valence-corrected chi connectivity index (χ0v) is 20.1. The van der Waals surface area contributed by atoms with Crippen molar-refractivity contribution in [2.45, 2.75) is 6.54 Å². The van der Waals surface area contributed by atoms with E-state index in [1.807, 2.05) is 0 Å². The standard InChI is InChI=1S/C24H13Cl3FNO4S/c25-15-4-8-18(20(27)10-15)23(31)33-17-6-1-13(2-7-17)9-21-22(30)29(24(32)34-21)12-14-3-5-16(28)11-19(14)26/h1-11H,12H2/b21-9-. The molecule has 0 aromatic heterocycles. The normalized spacial score (nSPS) is 14.7. The molecule has 0 aliphatic carbocycles. The molecule has 1 fully saturated rings. The molecule has 10 heteroatoms. The van der Waals surface area contributed by atoms with Crippen LogP contribution in [0.4, 0.5) is 9.18 Å². The van der Waals surface area contributed by atoms with Crippen LogP contribution in [0.1, 0.15) is 21.5 Å². The molecule has 0 saturated carbocycles. The van der Waals surface area contributed by atoms with Crippen LogP contribution in [0.5, 0.6) is 5.75 Å². The lowest BCUT2D eigenvalue weighted by Gasteiger charge is -2.13. The molecule has 0 spiro atoms. The maximum atomic E-state index is 13.3. The van der Waals surface area contributed by atoms with Crippen LogP contribution < -0.4 is 4.74 Å². The summed E-state index contributed by atoms with van der Waals surface area (Å²) in [6, 6.07) is 14.6. The first-order valence-corrected chi connectivity index (χ1v) is 11.6. The number of hydrogen-bond acceptors (Lipinski definition) is 5. The minimum Gasteiger partial charge on any atom is -0.423 e. The summed E-state index contributed by atoms with van der Waals surface area (Å²) in [6.45, 7) is -0.0662. The number of esters is 1. The smallest absolute Gasteiger partial charge is 0.345 e. The van der Waals surface area contributed by atoms with Gasteiger partial charge < -0.3 is 4.74 Å². The van der Waals surface area contributed by atoms with Crippen molar-refractivity contribution in [1.82, 2.24) is 4.90 Å². The number of carbonyl (C=O) groups is 3. The zero-order valence-electron chi connectivity index (χ0n) is 17.1. The van der Waals surface area contributed by atoms with Crippen LogP contribution in [-0.4, -0.2) is 22.0 Å². The highest BCUT2D eigenvalue weighted by molar-refractivity contribution is 8.18. The monoisotopic (exact) mass is 535 g/mol. The fourth-order valence-electron chi connectivity index (χ4n) is 3.06. The second kappa shape index (κ2) is 10.2. The average Bonchev–Trinajstić information content (AvgIpc) is 3.04. The van der Waals surface area contributed by atoms with E-state index in [1.165, 1.54) is 30.3 Å². The number of benzene rings is 3. The molecule has 4 rings (SSSR count). The maximum Gasteiger partial charge on any atom is 0.345 e. The van der Waals surface area contributed by atoms with Crippen molar-refractivity contribution >= 4 is 69.8 Å². The first kappa shape index (κ1) is 24.3. The molecule has 1 aliphatic heterocycles. The Balaban J connectivity index is 1.45. The molecule has 1 heterocycles. The number of nitrogens with zero attached hydrogens (tertiary/aromatic N) is 1. The maximum absolute atomic E-state index is 13.3. The number of ether oxygens (including phenoxy) is 1. The first-order valence-electron chi connectivity index (χ1n) is 9.68. The van der Waals surface area contributed by atoms with Gasteiger partial charge in [-0.2, -0.15) is 0 Å². The van der Waals surface area contributed by atoms with Gasteiger partial charge in [-0.05, 0) is 71.4 Å². The minimum atomic E-state index is -0.644. The molecule has 0 radical (unpaired) electrons. The third kappa shape index (κ3) is 5.45. The van der Waals surface area contributed by atoms with Crippen LogP contribution in [0.15, 0.2) is 65.6 Å². The molecule has 2 amide bonds. The summed E-state index contributed by atoms with van der Waals surface area (Å²) >= 11 is 18.7. The molecule has 34 heavy (non-hydrogen) atoms. The second-order valence-corrected chi connectivity index (χ2v) is 9.33. The van der Waals surface area contributed by atoms with Crippen LogP contribution in [-0.2, 0) is 11.3 Å². The summed E-state index contributed by atoms with van der Waals surface area (Å²) in [6.07, 6.45) is 1.55. The Morgan fingerprint density at radius 1 is 0.971 bits per heavy atom. The van der Waals surface area contributed by atoms with Crippen molar-refractivity contribution in [3.63, 3.8) is 0 Å². The van der Waals surface area contributed by atoms with E-state index in [9.17, 15) is 18.8 Å². The largest absolute Gasteiger partial charge is 0.423 e. The van der Waals surface area contributed by atoms with Crippen molar-refractivity contribution < 1.29 is 23.5 Å². The van der Waals surface area contributed by atoms with Crippen LogP contribution >= 0.6 is 46.6 Å². The summed E-state index contributed by atoms with van der Waals surface area (Å²) in [4.78, 5) is 38.7. The van der Waals surface area contributed by atoms with Gasteiger partial charge in [0.25, 0.3) is 11.1 Å². The molecule has 1 saturated heterocycles. The first-order chi connectivity index (χ1) is 16.2. The van der Waals surface area contributed by atoms with E-state index in [2.05, 4.69) is 0 Å². The van der Waals surface area contributed by atoms with E-state index < -0.39 is 22.9 Å². The van der Waals surface area contributed by atoms with Crippen LogP contribution in [0, 0.1) is 5.82 Å². The molecule has 1 aliphatic rings. The third-order valence-electron chi connectivity index (χ3n) is 4.76. The van der Waals surface area contributed by atoms with Crippen LogP contribution in [0.25, 0.3) is 6.08 Å². The predicted octanol–water partition coefficient (Wildman–Crippen LogP) is 7.24. The van der Waals surface area contributed by atoms with E-state index in [1.54, 1.807) is 30.3 Å². The molecule has 0 atom stereocenters. The van der Waals surface area contributed by atoms with Crippen molar-refractivity contribution in [2.75, 3.05) is 0 Å². The van der Waals surface area contributed by atoms with Gasteiger partial charge in [0.15, 0.2) is 0 Å². The molecule has 3 aromatic carbocycles. The van der Waals surface area contributed by atoms with Gasteiger partial charge in [0.05, 0.1) is 22.0 Å². The van der Waals surface area contributed by atoms with Gasteiger partial charge in [0.2, 0.25) is 0 Å². The van der Waals surface area contributed by atoms with Crippen molar-refractivity contribution in [2.24, 2.45) is 0 Å². The van der Waals surface area contributed by atoms with Crippen LogP contribution in [0.3, 0.4) is 0 Å². The van der Waals surface area contributed by atoms with Gasteiger partial charge in [-0.1, -0.05) is 53.0 Å². The third-order valence-corrected chi connectivity index (χ3v) is 6.56. The summed E-state index contributed by atoms with van der Waals surface area (Å²) < 4.78 is 18.6. The molecule has 0 unspecified atom stereocenters. The Hall–Kier alpha value is -2.84. The summed E-state index contributed by atoms with van der Waals surface area (Å²) in [7, 11) is 0. The lowest BCUT2D eigenvalue weighted by Crippen LogP contribution is -2.27. The molecule has 3 aromatic rings. The molecule has 172 valence electrons. The summed E-state index contributed by atoms with van der Waals surface area (Å²) in [5.74, 6) is -1.36. The molecule has 5 nitrogen and oxygen atoms in total. The Labute approximate surface area is 213 Å². The van der Waals surface area contributed by atoms with E-state index in [-0.39, 0.29) is 32.8 Å². The van der Waals surface area contributed by atoms with E-state index in [4.69, 9.17) is 39.5 Å². The number of imide groups is 1. The van der Waals surface area contributed by atoms with Crippen molar-refractivity contribution in [3.8, 4) is 5.75 Å².